The Hall–Kier alpha value is -1.50. The van der Waals surface area contributed by atoms with Crippen molar-refractivity contribution in [2.24, 2.45) is 0 Å². The average Bonchev–Trinajstić information content (AvgIpc) is 3.97. The molecule has 0 aromatic rings. The summed E-state index contributed by atoms with van der Waals surface area (Å²) in [5.74, 6) is -0.812. The molecule has 0 aliphatic carbocycles. The number of unbranched alkanes of at least 4 members (excludes halogenated alkanes) is 36. The van der Waals surface area contributed by atoms with E-state index in [2.05, 4.69) is 13.8 Å². The lowest BCUT2D eigenvalue weighted by Crippen LogP contribution is -2.44. The number of hydrogen-bond acceptors (Lipinski definition) is 15. The zero-order valence-electron chi connectivity index (χ0n) is 47.7. The van der Waals surface area contributed by atoms with Crippen LogP contribution >= 0.6 is 0 Å². The largest absolute Gasteiger partial charge is 0.463 e. The van der Waals surface area contributed by atoms with Gasteiger partial charge in [-0.05, 0) is 12.8 Å². The van der Waals surface area contributed by atoms with E-state index in [1.165, 1.54) is 200 Å². The summed E-state index contributed by atoms with van der Waals surface area (Å²) in [5, 5.41) is 54.0. The van der Waals surface area contributed by atoms with Gasteiger partial charge >= 0.3 is 11.9 Å². The molecular formula is C60H112O15. The summed E-state index contributed by atoms with van der Waals surface area (Å²) in [5.41, 5.74) is 0. The van der Waals surface area contributed by atoms with Crippen LogP contribution in [0.15, 0.2) is 0 Å². The average molecular weight is 1070 g/mol. The third-order valence-corrected chi connectivity index (χ3v) is 15.7. The van der Waals surface area contributed by atoms with Crippen molar-refractivity contribution in [2.75, 3.05) is 26.9 Å². The van der Waals surface area contributed by atoms with Gasteiger partial charge in [0.15, 0.2) is 18.9 Å². The molecule has 3 rings (SSSR count). The van der Waals surface area contributed by atoms with Gasteiger partial charge in [0.25, 0.3) is 0 Å². The second kappa shape index (κ2) is 44.3. The maximum absolute atomic E-state index is 12.5. The number of ether oxygens (including phenoxy) is 8. The first kappa shape index (κ1) is 67.8. The summed E-state index contributed by atoms with van der Waals surface area (Å²) < 4.78 is 45.1. The summed E-state index contributed by atoms with van der Waals surface area (Å²) in [6.45, 7) is 3.67. The van der Waals surface area contributed by atoms with Crippen molar-refractivity contribution in [1.82, 2.24) is 0 Å². The fourth-order valence-corrected chi connectivity index (χ4v) is 10.7. The van der Waals surface area contributed by atoms with Gasteiger partial charge in [-0.2, -0.15) is 0 Å². The van der Waals surface area contributed by atoms with Crippen LogP contribution < -0.4 is 0 Å². The van der Waals surface area contributed by atoms with E-state index in [9.17, 15) is 35.1 Å². The molecule has 0 spiro atoms. The predicted molar refractivity (Wildman–Crippen MR) is 292 cm³/mol. The lowest BCUT2D eigenvalue weighted by molar-refractivity contribution is -0.228. The molecule has 3 fully saturated rings. The minimum atomic E-state index is -1.54. The first-order valence-electron chi connectivity index (χ1n) is 31.1. The monoisotopic (exact) mass is 1070 g/mol. The van der Waals surface area contributed by atoms with Gasteiger partial charge in [0.05, 0.1) is 6.61 Å². The summed E-state index contributed by atoms with van der Waals surface area (Å²) in [4.78, 5) is 25.1. The van der Waals surface area contributed by atoms with Crippen LogP contribution in [0, 0.1) is 0 Å². The molecule has 442 valence electrons. The Morgan fingerprint density at radius 2 is 0.640 bits per heavy atom. The molecule has 3 heterocycles. The molecule has 15 heteroatoms. The summed E-state index contributed by atoms with van der Waals surface area (Å²) in [7, 11) is 1.33. The molecule has 0 unspecified atom stereocenters. The van der Waals surface area contributed by atoms with Gasteiger partial charge in [-0.1, -0.05) is 245 Å². The van der Waals surface area contributed by atoms with Gasteiger partial charge in [-0.3, -0.25) is 9.59 Å². The molecule has 0 aromatic heterocycles. The maximum atomic E-state index is 12.5. The molecule has 0 radical (unpaired) electrons. The summed E-state index contributed by atoms with van der Waals surface area (Å²) in [6.07, 6.45) is 33.4. The molecule has 3 aliphatic heterocycles. The van der Waals surface area contributed by atoms with Crippen LogP contribution in [-0.4, -0.2) is 138 Å². The van der Waals surface area contributed by atoms with Crippen LogP contribution in [0.3, 0.4) is 0 Å². The Morgan fingerprint density at radius 1 is 0.347 bits per heavy atom. The van der Waals surface area contributed by atoms with Crippen molar-refractivity contribution in [3.05, 3.63) is 0 Å². The molecule has 5 N–H and O–H groups in total. The Bertz CT molecular complexity index is 1360. The van der Waals surface area contributed by atoms with E-state index < -0.39 is 85.7 Å². The number of hydrogen-bond donors (Lipinski definition) is 5. The van der Waals surface area contributed by atoms with Crippen LogP contribution in [0.2, 0.25) is 0 Å². The molecule has 0 aromatic carbocycles. The van der Waals surface area contributed by atoms with E-state index in [-0.39, 0.29) is 32.7 Å². The molecule has 0 amide bonds. The minimum absolute atomic E-state index is 0.248. The minimum Gasteiger partial charge on any atom is -0.463 e. The van der Waals surface area contributed by atoms with Crippen molar-refractivity contribution >= 4 is 11.9 Å². The standard InChI is InChI=1S/C60H112O15/c1-4-6-8-10-12-14-16-18-20-22-24-26-28-30-32-34-36-38-40-42-50(61)69-44-47-52(63)54(65)59(72-47)71-46-49-57(56(67)58(68-3)74-49)75-60-55(66)53(64)48(73-60)45-70-51(62)43-41-39-37-35-33-31-29-27-25-23-21-19-17-15-13-11-9-7-5-2/h47-49,52-60,63-67H,4-46H2,1-3H3/t47-,48-,49-,52-,53-,54+,55+,56+,57-,58+,59+,60-/m1/s1. The highest BCUT2D eigenvalue weighted by Crippen LogP contribution is 2.32. The number of methoxy groups -OCH3 is 1. The van der Waals surface area contributed by atoms with E-state index in [0.717, 1.165) is 38.5 Å². The summed E-state index contributed by atoms with van der Waals surface area (Å²) >= 11 is 0. The van der Waals surface area contributed by atoms with E-state index in [1.54, 1.807) is 0 Å². The number of aliphatic hydroxyl groups excluding tert-OH is 5. The van der Waals surface area contributed by atoms with Crippen LogP contribution in [-0.2, 0) is 47.5 Å². The lowest BCUT2D eigenvalue weighted by Gasteiger charge is -2.26. The van der Waals surface area contributed by atoms with Crippen LogP contribution in [0.5, 0.6) is 0 Å². The van der Waals surface area contributed by atoms with Crippen LogP contribution in [0.4, 0.5) is 0 Å². The number of esters is 2. The van der Waals surface area contributed by atoms with Gasteiger partial charge in [0, 0.05) is 20.0 Å². The highest BCUT2D eigenvalue weighted by molar-refractivity contribution is 5.69. The van der Waals surface area contributed by atoms with E-state index in [4.69, 9.17) is 37.9 Å². The Balaban J connectivity index is 1.20. The van der Waals surface area contributed by atoms with Crippen LogP contribution in [0.1, 0.15) is 271 Å². The first-order valence-corrected chi connectivity index (χ1v) is 31.1. The van der Waals surface area contributed by atoms with Gasteiger partial charge in [0.2, 0.25) is 0 Å². The van der Waals surface area contributed by atoms with Crippen molar-refractivity contribution in [2.45, 2.75) is 344 Å². The van der Waals surface area contributed by atoms with Gasteiger partial charge in [0.1, 0.15) is 68.1 Å². The van der Waals surface area contributed by atoms with Gasteiger partial charge in [-0.25, -0.2) is 0 Å². The zero-order chi connectivity index (χ0) is 54.1. The number of rotatable bonds is 50. The quantitative estimate of drug-likeness (QED) is 0.0283. The Morgan fingerprint density at radius 3 is 0.973 bits per heavy atom. The molecule has 3 aliphatic rings. The molecule has 15 nitrogen and oxygen atoms in total. The Labute approximate surface area is 454 Å². The van der Waals surface area contributed by atoms with Crippen molar-refractivity contribution in [3.8, 4) is 0 Å². The second-order valence-electron chi connectivity index (χ2n) is 22.3. The van der Waals surface area contributed by atoms with Crippen molar-refractivity contribution < 1.29 is 73.0 Å². The smallest absolute Gasteiger partial charge is 0.305 e. The first-order chi connectivity index (χ1) is 36.6. The highest BCUT2D eigenvalue weighted by atomic mass is 16.8. The fourth-order valence-electron chi connectivity index (χ4n) is 10.7. The van der Waals surface area contributed by atoms with E-state index in [1.807, 2.05) is 0 Å². The lowest BCUT2D eigenvalue weighted by atomic mass is 10.0. The van der Waals surface area contributed by atoms with Gasteiger partial charge < -0.3 is 63.4 Å². The fraction of sp³-hybridized carbons (Fsp3) is 0.967. The molecule has 75 heavy (non-hydrogen) atoms. The van der Waals surface area contributed by atoms with Crippen LogP contribution in [0.25, 0.3) is 0 Å². The van der Waals surface area contributed by atoms with Crippen molar-refractivity contribution in [1.29, 1.82) is 0 Å². The maximum Gasteiger partial charge on any atom is 0.305 e. The number of carbonyl (C=O) groups is 2. The van der Waals surface area contributed by atoms with Crippen molar-refractivity contribution in [3.63, 3.8) is 0 Å². The molecule has 0 saturated carbocycles. The van der Waals surface area contributed by atoms with E-state index >= 15 is 0 Å². The third-order valence-electron chi connectivity index (χ3n) is 15.7. The number of aliphatic hydroxyl groups is 5. The summed E-state index contributed by atoms with van der Waals surface area (Å²) in [6, 6.07) is 0. The molecule has 0 bridgehead atoms. The SMILES string of the molecule is CCCCCCCCCCCCCCCCCCCCCC(=O)OC[C@H]1O[C@H](OC[C@H]2O[C@H](OC)[C@@H](O)[C@@H]2O[C@H]2O[C@H](COC(=O)CCCCCCCCCCCCCCCCCCCCC)[C@@H](O)[C@@H]2O)[C@@H](O)[C@@H]1O. The normalized spacial score (nSPS) is 26.7. The third kappa shape index (κ3) is 30.1. The Kier molecular flexibility index (Phi) is 40.0. The molecule has 12 atom stereocenters. The van der Waals surface area contributed by atoms with E-state index in [0.29, 0.717) is 12.8 Å². The topological polar surface area (TPSA) is 209 Å². The highest BCUT2D eigenvalue weighted by Gasteiger charge is 2.52. The predicted octanol–water partition coefficient (Wildman–Crippen LogP) is 11.7. The second-order valence-corrected chi connectivity index (χ2v) is 22.3. The number of carbonyl (C=O) groups excluding carboxylic acids is 2. The molecular weight excluding hydrogens is 961 g/mol. The van der Waals surface area contributed by atoms with Gasteiger partial charge in [-0.15, -0.1) is 0 Å². The molecule has 3 saturated heterocycles. The zero-order valence-corrected chi connectivity index (χ0v) is 47.7.